The number of ether oxygens (including phenoxy) is 4. The molecule has 1 saturated heterocycles. The SMILES string of the molecule is CC(C)(C)OC(=O)NNC(=O)c1cc(-c2ccc(-c3ccc(OCCCCOC4CCCCO4)cc3)cc2)nc2cc(N)ncc12. The van der Waals surface area contributed by atoms with Crippen molar-refractivity contribution in [3.05, 3.63) is 72.4 Å². The maximum atomic E-state index is 13.1. The highest BCUT2D eigenvalue weighted by molar-refractivity contribution is 6.07. The summed E-state index contributed by atoms with van der Waals surface area (Å²) >= 11 is 0. The predicted molar refractivity (Wildman–Crippen MR) is 176 cm³/mol. The van der Waals surface area contributed by atoms with Crippen molar-refractivity contribution in [1.29, 1.82) is 0 Å². The highest BCUT2D eigenvalue weighted by Gasteiger charge is 2.19. The molecule has 4 aromatic rings. The number of hydrazine groups is 1. The largest absolute Gasteiger partial charge is 0.494 e. The number of anilines is 1. The Balaban J connectivity index is 1.21. The number of rotatable bonds is 10. The van der Waals surface area contributed by atoms with Crippen LogP contribution in [0.3, 0.4) is 0 Å². The highest BCUT2D eigenvalue weighted by atomic mass is 16.7. The summed E-state index contributed by atoms with van der Waals surface area (Å²) in [5.41, 5.74) is 14.1. The zero-order chi connectivity index (χ0) is 32.5. The van der Waals surface area contributed by atoms with E-state index in [4.69, 9.17) is 29.7 Å². The number of nitrogens with two attached hydrogens (primary N) is 1. The van der Waals surface area contributed by atoms with Crippen molar-refractivity contribution >= 4 is 28.7 Å². The zero-order valence-electron chi connectivity index (χ0n) is 26.5. The number of carbonyl (C=O) groups excluding carboxylic acids is 2. The predicted octanol–water partition coefficient (Wildman–Crippen LogP) is 6.42. The molecule has 0 spiro atoms. The van der Waals surface area contributed by atoms with Gasteiger partial charge in [0.2, 0.25) is 0 Å². The summed E-state index contributed by atoms with van der Waals surface area (Å²) in [4.78, 5) is 34.1. The first-order valence-corrected chi connectivity index (χ1v) is 15.6. The molecule has 2 amide bonds. The second-order valence-electron chi connectivity index (χ2n) is 12.1. The quantitative estimate of drug-likeness (QED) is 0.134. The fraction of sp³-hybridized carbons (Fsp3) is 0.371. The molecule has 0 bridgehead atoms. The summed E-state index contributed by atoms with van der Waals surface area (Å²) in [5.74, 6) is 0.544. The maximum absolute atomic E-state index is 13.1. The Hall–Kier alpha value is -4.74. The molecule has 0 radical (unpaired) electrons. The van der Waals surface area contributed by atoms with Crippen LogP contribution in [0.4, 0.5) is 10.6 Å². The van der Waals surface area contributed by atoms with Crippen molar-refractivity contribution in [2.75, 3.05) is 25.6 Å². The summed E-state index contributed by atoms with van der Waals surface area (Å²) < 4.78 is 22.5. The lowest BCUT2D eigenvalue weighted by Gasteiger charge is -2.22. The van der Waals surface area contributed by atoms with Crippen LogP contribution < -0.4 is 21.3 Å². The van der Waals surface area contributed by atoms with Gasteiger partial charge in [-0.2, -0.15) is 0 Å². The smallest absolute Gasteiger partial charge is 0.426 e. The Morgan fingerprint density at radius 1 is 0.935 bits per heavy atom. The first kappa shape index (κ1) is 32.6. The monoisotopic (exact) mass is 627 g/mol. The second-order valence-corrected chi connectivity index (χ2v) is 12.1. The molecule has 4 N–H and O–H groups in total. The van der Waals surface area contributed by atoms with E-state index in [0.29, 0.717) is 29.8 Å². The van der Waals surface area contributed by atoms with Crippen molar-refractivity contribution in [2.24, 2.45) is 0 Å². The Morgan fingerprint density at radius 2 is 1.63 bits per heavy atom. The Bertz CT molecular complexity index is 1630. The summed E-state index contributed by atoms with van der Waals surface area (Å²) in [7, 11) is 0. The first-order chi connectivity index (χ1) is 22.1. The number of nitrogens with one attached hydrogen (secondary N) is 2. The van der Waals surface area contributed by atoms with Gasteiger partial charge >= 0.3 is 6.09 Å². The lowest BCUT2D eigenvalue weighted by atomic mass is 10.0. The van der Waals surface area contributed by atoms with Crippen LogP contribution in [0, 0.1) is 0 Å². The summed E-state index contributed by atoms with van der Waals surface area (Å²) in [5, 5.41) is 0.489. The minimum atomic E-state index is -0.775. The summed E-state index contributed by atoms with van der Waals surface area (Å²) in [6, 6.07) is 19.1. The number of unbranched alkanes of at least 4 members (excludes halogenated alkanes) is 1. The van der Waals surface area contributed by atoms with Gasteiger partial charge < -0.3 is 24.7 Å². The molecule has 1 fully saturated rings. The summed E-state index contributed by atoms with van der Waals surface area (Å²) in [6.45, 7) is 7.30. The van der Waals surface area contributed by atoms with E-state index in [-0.39, 0.29) is 17.7 Å². The topological polar surface area (TPSA) is 147 Å². The van der Waals surface area contributed by atoms with Crippen LogP contribution in [0.15, 0.2) is 66.9 Å². The second kappa shape index (κ2) is 15.0. The van der Waals surface area contributed by atoms with Gasteiger partial charge in [0.1, 0.15) is 17.2 Å². The number of fused-ring (bicyclic) bond motifs is 1. The molecule has 3 heterocycles. The lowest BCUT2D eigenvalue weighted by molar-refractivity contribution is -0.162. The van der Waals surface area contributed by atoms with Crippen molar-refractivity contribution in [3.8, 4) is 28.1 Å². The minimum Gasteiger partial charge on any atom is -0.494 e. The molecule has 0 aliphatic carbocycles. The molecule has 1 unspecified atom stereocenters. The van der Waals surface area contributed by atoms with Crippen molar-refractivity contribution in [3.63, 3.8) is 0 Å². The molecule has 11 heteroatoms. The highest BCUT2D eigenvalue weighted by Crippen LogP contribution is 2.29. The number of pyridine rings is 2. The Morgan fingerprint density at radius 3 is 2.33 bits per heavy atom. The van der Waals surface area contributed by atoms with Gasteiger partial charge in [-0.25, -0.2) is 20.2 Å². The van der Waals surface area contributed by atoms with Crippen molar-refractivity contribution in [2.45, 2.75) is 64.8 Å². The van der Waals surface area contributed by atoms with Crippen molar-refractivity contribution < 1.29 is 28.5 Å². The molecular weight excluding hydrogens is 586 g/mol. The normalized spacial score (nSPS) is 14.9. The van der Waals surface area contributed by atoms with Crippen LogP contribution in [0.5, 0.6) is 5.75 Å². The number of carbonyl (C=O) groups is 2. The molecule has 2 aromatic heterocycles. The van der Waals surface area contributed by atoms with Gasteiger partial charge in [-0.1, -0.05) is 36.4 Å². The summed E-state index contributed by atoms with van der Waals surface area (Å²) in [6.07, 6.45) is 5.77. The van der Waals surface area contributed by atoms with Gasteiger partial charge in [0.15, 0.2) is 6.29 Å². The van der Waals surface area contributed by atoms with Gasteiger partial charge in [0, 0.05) is 36.4 Å². The standard InChI is InChI=1S/C35H41N5O6/c1-35(2,3)46-34(42)40-39-33(41)27-20-29(38-30-21-31(36)37-22-28(27)30)25-11-9-23(10-12-25)24-13-15-26(16-14-24)43-17-6-7-19-45-32-8-4-5-18-44-32/h9-16,20-22,32H,4-8,17-19H2,1-3H3,(H2,36,37)(H,39,41)(H,40,42). The fourth-order valence-corrected chi connectivity index (χ4v) is 4.98. The fourth-order valence-electron chi connectivity index (χ4n) is 4.98. The average molecular weight is 628 g/mol. The molecular formula is C35H41N5O6. The molecule has 1 aliphatic rings. The van der Waals surface area contributed by atoms with E-state index in [1.165, 1.54) is 12.6 Å². The van der Waals surface area contributed by atoms with E-state index in [0.717, 1.165) is 54.7 Å². The minimum absolute atomic E-state index is 0.0455. The van der Waals surface area contributed by atoms with E-state index in [2.05, 4.69) is 15.8 Å². The first-order valence-electron chi connectivity index (χ1n) is 15.6. The van der Waals surface area contributed by atoms with E-state index < -0.39 is 17.6 Å². The van der Waals surface area contributed by atoms with Gasteiger partial charge in [-0.15, -0.1) is 0 Å². The number of hydrogen-bond acceptors (Lipinski definition) is 9. The number of nitrogen functional groups attached to an aromatic ring is 1. The van der Waals surface area contributed by atoms with Crippen LogP contribution in [0.25, 0.3) is 33.3 Å². The molecule has 0 saturated carbocycles. The van der Waals surface area contributed by atoms with E-state index in [1.807, 2.05) is 48.5 Å². The van der Waals surface area contributed by atoms with E-state index in [1.54, 1.807) is 32.9 Å². The van der Waals surface area contributed by atoms with Crippen molar-refractivity contribution in [1.82, 2.24) is 20.8 Å². The van der Waals surface area contributed by atoms with E-state index in [9.17, 15) is 9.59 Å². The number of amides is 2. The third-order valence-corrected chi connectivity index (χ3v) is 7.25. The van der Waals surface area contributed by atoms with Gasteiger partial charge in [-0.05, 0) is 82.2 Å². The van der Waals surface area contributed by atoms with Crippen LogP contribution >= 0.6 is 0 Å². The van der Waals surface area contributed by atoms with Gasteiger partial charge in [0.25, 0.3) is 5.91 Å². The van der Waals surface area contributed by atoms with Crippen LogP contribution in [-0.2, 0) is 14.2 Å². The number of benzene rings is 2. The van der Waals surface area contributed by atoms with Gasteiger partial charge in [0.05, 0.1) is 23.4 Å². The van der Waals surface area contributed by atoms with Crippen LogP contribution in [0.2, 0.25) is 0 Å². The Labute approximate surface area is 268 Å². The average Bonchev–Trinajstić information content (AvgIpc) is 3.04. The van der Waals surface area contributed by atoms with Crippen LogP contribution in [-0.4, -0.2) is 53.7 Å². The van der Waals surface area contributed by atoms with E-state index >= 15 is 0 Å². The molecule has 11 nitrogen and oxygen atoms in total. The lowest BCUT2D eigenvalue weighted by Crippen LogP contribution is -2.44. The third kappa shape index (κ3) is 9.15. The third-order valence-electron chi connectivity index (χ3n) is 7.25. The molecule has 1 atom stereocenters. The molecule has 2 aromatic carbocycles. The van der Waals surface area contributed by atoms with Gasteiger partial charge in [-0.3, -0.25) is 10.2 Å². The zero-order valence-corrected chi connectivity index (χ0v) is 26.5. The molecule has 242 valence electrons. The maximum Gasteiger partial charge on any atom is 0.426 e. The number of nitrogens with zero attached hydrogens (tertiary/aromatic N) is 2. The molecule has 46 heavy (non-hydrogen) atoms. The Kier molecular flexibility index (Phi) is 10.7. The number of hydrogen-bond donors (Lipinski definition) is 3. The van der Waals surface area contributed by atoms with Crippen LogP contribution in [0.1, 0.15) is 63.2 Å². The number of aromatic nitrogens is 2. The molecule has 1 aliphatic heterocycles. The molecule has 5 rings (SSSR count).